The van der Waals surface area contributed by atoms with Crippen molar-refractivity contribution in [3.63, 3.8) is 0 Å². The van der Waals surface area contributed by atoms with Gasteiger partial charge in [-0.1, -0.05) is 24.9 Å². The van der Waals surface area contributed by atoms with Gasteiger partial charge in [0.2, 0.25) is 5.95 Å². The van der Waals surface area contributed by atoms with Gasteiger partial charge in [-0.05, 0) is 31.0 Å². The third kappa shape index (κ3) is 2.14. The van der Waals surface area contributed by atoms with Crippen molar-refractivity contribution >= 4 is 28.6 Å². The van der Waals surface area contributed by atoms with E-state index in [-0.39, 0.29) is 0 Å². The van der Waals surface area contributed by atoms with Crippen molar-refractivity contribution in [2.45, 2.75) is 26.7 Å². The van der Waals surface area contributed by atoms with Gasteiger partial charge in [-0.25, -0.2) is 4.98 Å². The van der Waals surface area contributed by atoms with Crippen LogP contribution in [-0.4, -0.2) is 16.5 Å². The van der Waals surface area contributed by atoms with Crippen molar-refractivity contribution in [1.29, 1.82) is 0 Å². The van der Waals surface area contributed by atoms with Gasteiger partial charge in [0.25, 0.3) is 0 Å². The number of rotatable bonds is 4. The van der Waals surface area contributed by atoms with Gasteiger partial charge >= 0.3 is 0 Å². The van der Waals surface area contributed by atoms with Crippen LogP contribution in [0, 0.1) is 6.92 Å². The van der Waals surface area contributed by atoms with Gasteiger partial charge in [0, 0.05) is 11.6 Å². The fourth-order valence-corrected chi connectivity index (χ4v) is 1.81. The Balaban J connectivity index is 2.26. The summed E-state index contributed by atoms with van der Waals surface area (Å²) in [5.74, 6) is 0.828. The van der Waals surface area contributed by atoms with Gasteiger partial charge in [0.1, 0.15) is 0 Å². The number of unbranched alkanes of at least 4 members (excludes halogenated alkanes) is 1. The predicted octanol–water partition coefficient (Wildman–Crippen LogP) is 3.74. The van der Waals surface area contributed by atoms with Crippen molar-refractivity contribution in [3.05, 3.63) is 22.7 Å². The fraction of sp³-hybridized carbons (Fsp3) is 0.417. The Morgan fingerprint density at radius 2 is 2.25 bits per heavy atom. The van der Waals surface area contributed by atoms with Crippen LogP contribution < -0.4 is 5.32 Å². The SMILES string of the molecule is CCCCNc1nc2c(C)c(Cl)ccc2[nH]1. The highest BCUT2D eigenvalue weighted by Gasteiger charge is 2.06. The number of H-pyrrole nitrogens is 1. The number of nitrogens with one attached hydrogen (secondary N) is 2. The number of nitrogens with zero attached hydrogens (tertiary/aromatic N) is 1. The molecule has 4 heteroatoms. The number of fused-ring (bicyclic) bond motifs is 1. The molecular formula is C12H16ClN3. The van der Waals surface area contributed by atoms with Crippen molar-refractivity contribution < 1.29 is 0 Å². The zero-order valence-corrected chi connectivity index (χ0v) is 10.4. The van der Waals surface area contributed by atoms with Gasteiger partial charge in [-0.2, -0.15) is 0 Å². The highest BCUT2D eigenvalue weighted by molar-refractivity contribution is 6.32. The molecule has 1 aromatic carbocycles. The Hall–Kier alpha value is -1.22. The monoisotopic (exact) mass is 237 g/mol. The first kappa shape index (κ1) is 11.3. The van der Waals surface area contributed by atoms with Gasteiger partial charge in [-0.15, -0.1) is 0 Å². The molecule has 0 amide bonds. The average molecular weight is 238 g/mol. The Morgan fingerprint density at radius 1 is 1.44 bits per heavy atom. The normalized spacial score (nSPS) is 10.9. The number of hydrogen-bond donors (Lipinski definition) is 2. The Labute approximate surface area is 100 Å². The van der Waals surface area contributed by atoms with E-state index in [0.29, 0.717) is 0 Å². The van der Waals surface area contributed by atoms with E-state index in [0.717, 1.165) is 40.5 Å². The quantitative estimate of drug-likeness (QED) is 0.796. The summed E-state index contributed by atoms with van der Waals surface area (Å²) in [5, 5.41) is 4.03. The molecule has 1 heterocycles. The number of anilines is 1. The van der Waals surface area contributed by atoms with Crippen molar-refractivity contribution in [2.75, 3.05) is 11.9 Å². The van der Waals surface area contributed by atoms with Crippen LogP contribution in [0.2, 0.25) is 5.02 Å². The van der Waals surface area contributed by atoms with Crippen LogP contribution >= 0.6 is 11.6 Å². The van der Waals surface area contributed by atoms with E-state index in [2.05, 4.69) is 22.2 Å². The standard InChI is InChI=1S/C12H16ClN3/c1-3-4-7-14-12-15-10-6-5-9(13)8(2)11(10)16-12/h5-6H,3-4,7H2,1-2H3,(H2,14,15,16). The summed E-state index contributed by atoms with van der Waals surface area (Å²) in [4.78, 5) is 7.74. The van der Waals surface area contributed by atoms with Crippen LogP contribution in [0.4, 0.5) is 5.95 Å². The lowest BCUT2D eigenvalue weighted by Gasteiger charge is -1.99. The van der Waals surface area contributed by atoms with E-state index in [1.165, 1.54) is 6.42 Å². The van der Waals surface area contributed by atoms with Gasteiger partial charge in [0.05, 0.1) is 11.0 Å². The van der Waals surface area contributed by atoms with Crippen LogP contribution in [0.25, 0.3) is 11.0 Å². The zero-order valence-electron chi connectivity index (χ0n) is 9.60. The van der Waals surface area contributed by atoms with E-state index in [9.17, 15) is 0 Å². The molecule has 1 aromatic heterocycles. The molecule has 3 nitrogen and oxygen atoms in total. The maximum Gasteiger partial charge on any atom is 0.201 e. The second kappa shape index (κ2) is 4.74. The molecule has 2 rings (SSSR count). The first-order valence-corrected chi connectivity index (χ1v) is 5.99. The molecule has 0 saturated heterocycles. The van der Waals surface area contributed by atoms with Gasteiger partial charge in [0.15, 0.2) is 0 Å². The van der Waals surface area contributed by atoms with Crippen LogP contribution in [0.5, 0.6) is 0 Å². The molecule has 0 aliphatic rings. The van der Waals surface area contributed by atoms with E-state index in [4.69, 9.17) is 11.6 Å². The summed E-state index contributed by atoms with van der Waals surface area (Å²) in [6.07, 6.45) is 2.33. The lowest BCUT2D eigenvalue weighted by molar-refractivity contribution is 0.829. The fourth-order valence-electron chi connectivity index (χ4n) is 1.66. The molecule has 0 saturated carbocycles. The molecule has 0 aliphatic heterocycles. The minimum absolute atomic E-state index is 0.763. The third-order valence-electron chi connectivity index (χ3n) is 2.66. The minimum Gasteiger partial charge on any atom is -0.356 e. The first-order valence-electron chi connectivity index (χ1n) is 5.61. The highest BCUT2D eigenvalue weighted by atomic mass is 35.5. The molecule has 0 bridgehead atoms. The summed E-state index contributed by atoms with van der Waals surface area (Å²) in [6.45, 7) is 5.11. The maximum absolute atomic E-state index is 6.05. The highest BCUT2D eigenvalue weighted by Crippen LogP contribution is 2.24. The number of aromatic amines is 1. The largest absolute Gasteiger partial charge is 0.356 e. The Kier molecular flexibility index (Phi) is 3.34. The summed E-state index contributed by atoms with van der Waals surface area (Å²) >= 11 is 6.05. The van der Waals surface area contributed by atoms with Crippen molar-refractivity contribution in [1.82, 2.24) is 9.97 Å². The Bertz CT molecular complexity index is 490. The van der Waals surface area contributed by atoms with Crippen LogP contribution in [0.1, 0.15) is 25.3 Å². The predicted molar refractivity (Wildman–Crippen MR) is 69.2 cm³/mol. The molecule has 2 N–H and O–H groups in total. The topological polar surface area (TPSA) is 40.7 Å². The number of benzene rings is 1. The second-order valence-corrected chi connectivity index (χ2v) is 4.34. The molecule has 2 aromatic rings. The number of imidazole rings is 1. The number of aryl methyl sites for hydroxylation is 1. The molecule has 0 radical (unpaired) electrons. The third-order valence-corrected chi connectivity index (χ3v) is 3.07. The number of aromatic nitrogens is 2. The van der Waals surface area contributed by atoms with Crippen molar-refractivity contribution in [2.24, 2.45) is 0 Å². The number of hydrogen-bond acceptors (Lipinski definition) is 2. The van der Waals surface area contributed by atoms with Gasteiger partial charge in [-0.3, -0.25) is 0 Å². The zero-order chi connectivity index (χ0) is 11.5. The molecule has 86 valence electrons. The van der Waals surface area contributed by atoms with Crippen molar-refractivity contribution in [3.8, 4) is 0 Å². The molecule has 0 aliphatic carbocycles. The van der Waals surface area contributed by atoms with E-state index in [1.807, 2.05) is 19.1 Å². The van der Waals surface area contributed by atoms with Crippen LogP contribution in [0.15, 0.2) is 12.1 Å². The Morgan fingerprint density at radius 3 is 3.00 bits per heavy atom. The smallest absolute Gasteiger partial charge is 0.201 e. The van der Waals surface area contributed by atoms with E-state index < -0.39 is 0 Å². The minimum atomic E-state index is 0.763. The summed E-state index contributed by atoms with van der Waals surface area (Å²) in [6, 6.07) is 3.86. The van der Waals surface area contributed by atoms with E-state index in [1.54, 1.807) is 0 Å². The molecule has 0 unspecified atom stereocenters. The molecule has 16 heavy (non-hydrogen) atoms. The number of halogens is 1. The summed E-state index contributed by atoms with van der Waals surface area (Å²) in [5.41, 5.74) is 3.01. The van der Waals surface area contributed by atoms with Crippen LogP contribution in [-0.2, 0) is 0 Å². The average Bonchev–Trinajstić information content (AvgIpc) is 2.68. The summed E-state index contributed by atoms with van der Waals surface area (Å²) in [7, 11) is 0. The molecule has 0 fully saturated rings. The lowest BCUT2D eigenvalue weighted by atomic mass is 10.2. The molecule has 0 atom stereocenters. The van der Waals surface area contributed by atoms with E-state index >= 15 is 0 Å². The molecular weight excluding hydrogens is 222 g/mol. The lowest BCUT2D eigenvalue weighted by Crippen LogP contribution is -2.01. The second-order valence-electron chi connectivity index (χ2n) is 3.93. The molecule has 0 spiro atoms. The first-order chi connectivity index (χ1) is 7.72. The maximum atomic E-state index is 6.05. The summed E-state index contributed by atoms with van der Waals surface area (Å²) < 4.78 is 0. The van der Waals surface area contributed by atoms with Gasteiger partial charge < -0.3 is 10.3 Å². The van der Waals surface area contributed by atoms with Crippen LogP contribution in [0.3, 0.4) is 0 Å².